The topological polar surface area (TPSA) is 29.9 Å². The summed E-state index contributed by atoms with van der Waals surface area (Å²) in [7, 11) is 0. The molecule has 1 aliphatic heterocycles. The molecule has 2 aliphatic rings. The van der Waals surface area contributed by atoms with Crippen LogP contribution in [0.2, 0.25) is 0 Å². The van der Waals surface area contributed by atoms with E-state index < -0.39 is 0 Å². The van der Waals surface area contributed by atoms with Crippen LogP contribution in [0.15, 0.2) is 16.9 Å². The molecule has 0 unspecified atom stereocenters. The van der Waals surface area contributed by atoms with Crippen LogP contribution in [-0.4, -0.2) is 22.9 Å². The average molecular weight is 242 g/mol. The van der Waals surface area contributed by atoms with Gasteiger partial charge in [0.2, 0.25) is 0 Å². The Morgan fingerprint density at radius 3 is 2.77 bits per heavy atom. The molecule has 2 heterocycles. The van der Waals surface area contributed by atoms with Crippen molar-refractivity contribution < 1.29 is 0 Å². The molecule has 70 valence electrons. The molecule has 4 heteroatoms. The molecule has 3 nitrogen and oxygen atoms in total. The predicted molar refractivity (Wildman–Crippen MR) is 53.5 cm³/mol. The van der Waals surface area contributed by atoms with Crippen molar-refractivity contribution in [3.05, 3.63) is 16.9 Å². The molecule has 1 N–H and O–H groups in total. The third-order valence-corrected chi connectivity index (χ3v) is 3.69. The second kappa shape index (κ2) is 2.58. The van der Waals surface area contributed by atoms with Gasteiger partial charge in [0, 0.05) is 19.3 Å². The standard InChI is InChI=1S/C9H12BrN3/c10-7-3-12-13(4-7)8-1-9(2-8)5-11-6-9/h3-4,8,11H,1-2,5-6H2. The number of rotatable bonds is 1. The Morgan fingerprint density at radius 1 is 1.54 bits per heavy atom. The quantitative estimate of drug-likeness (QED) is 0.810. The SMILES string of the molecule is Brc1cnn(C2CC3(CNC3)C2)c1. The highest BCUT2D eigenvalue weighted by Gasteiger charge is 2.49. The van der Waals surface area contributed by atoms with Crippen LogP contribution in [0.3, 0.4) is 0 Å². The zero-order valence-corrected chi connectivity index (χ0v) is 8.92. The molecule has 0 radical (unpaired) electrons. The van der Waals surface area contributed by atoms with Gasteiger partial charge in [-0.1, -0.05) is 0 Å². The van der Waals surface area contributed by atoms with E-state index >= 15 is 0 Å². The molecule has 0 bridgehead atoms. The summed E-state index contributed by atoms with van der Waals surface area (Å²) in [4.78, 5) is 0. The highest BCUT2D eigenvalue weighted by molar-refractivity contribution is 9.10. The van der Waals surface area contributed by atoms with Gasteiger partial charge >= 0.3 is 0 Å². The highest BCUT2D eigenvalue weighted by atomic mass is 79.9. The summed E-state index contributed by atoms with van der Waals surface area (Å²) in [6.07, 6.45) is 6.54. The van der Waals surface area contributed by atoms with Crippen LogP contribution in [0.25, 0.3) is 0 Å². The molecule has 2 fully saturated rings. The van der Waals surface area contributed by atoms with Gasteiger partial charge in [0.05, 0.1) is 16.7 Å². The summed E-state index contributed by atoms with van der Waals surface area (Å²) in [5.41, 5.74) is 0.642. The number of nitrogens with zero attached hydrogens (tertiary/aromatic N) is 2. The fourth-order valence-corrected chi connectivity index (χ4v) is 2.71. The summed E-state index contributed by atoms with van der Waals surface area (Å²) < 4.78 is 3.17. The first-order valence-corrected chi connectivity index (χ1v) is 5.47. The third-order valence-electron chi connectivity index (χ3n) is 3.28. The van der Waals surface area contributed by atoms with Gasteiger partial charge < -0.3 is 5.32 Å². The van der Waals surface area contributed by atoms with Gasteiger partial charge in [-0.05, 0) is 34.2 Å². The van der Waals surface area contributed by atoms with Crippen molar-refractivity contribution in [1.82, 2.24) is 15.1 Å². The second-order valence-electron chi connectivity index (χ2n) is 4.30. The van der Waals surface area contributed by atoms with Crippen LogP contribution in [0.4, 0.5) is 0 Å². The van der Waals surface area contributed by atoms with Gasteiger partial charge in [0.1, 0.15) is 0 Å². The molecule has 0 atom stereocenters. The minimum Gasteiger partial charge on any atom is -0.316 e. The molecular formula is C9H12BrN3. The first-order chi connectivity index (χ1) is 6.27. The van der Waals surface area contributed by atoms with Gasteiger partial charge in [-0.15, -0.1) is 0 Å². The van der Waals surface area contributed by atoms with E-state index in [0.717, 1.165) is 4.47 Å². The van der Waals surface area contributed by atoms with Gasteiger partial charge in [-0.25, -0.2) is 0 Å². The molecule has 3 rings (SSSR count). The lowest BCUT2D eigenvalue weighted by Crippen LogP contribution is -2.60. The number of halogens is 1. The summed E-state index contributed by atoms with van der Waals surface area (Å²) in [5.74, 6) is 0. The van der Waals surface area contributed by atoms with Crippen molar-refractivity contribution in [2.75, 3.05) is 13.1 Å². The highest BCUT2D eigenvalue weighted by Crippen LogP contribution is 2.50. The van der Waals surface area contributed by atoms with E-state index in [9.17, 15) is 0 Å². The molecule has 1 aromatic rings. The number of aromatic nitrogens is 2. The summed E-state index contributed by atoms with van der Waals surface area (Å²) in [6, 6.07) is 0.647. The third kappa shape index (κ3) is 1.15. The van der Waals surface area contributed by atoms with Crippen LogP contribution in [0, 0.1) is 5.41 Å². The molecule has 0 aromatic carbocycles. The number of nitrogens with one attached hydrogen (secondary N) is 1. The van der Waals surface area contributed by atoms with Crippen LogP contribution in [-0.2, 0) is 0 Å². The minimum atomic E-state index is 0.642. The van der Waals surface area contributed by atoms with E-state index in [1.807, 2.05) is 6.20 Å². The van der Waals surface area contributed by atoms with Gasteiger partial charge in [-0.3, -0.25) is 4.68 Å². The Morgan fingerprint density at radius 2 is 2.31 bits per heavy atom. The predicted octanol–water partition coefficient (Wildman–Crippen LogP) is 1.57. The molecule has 0 amide bonds. The van der Waals surface area contributed by atoms with Crippen LogP contribution in [0.5, 0.6) is 0 Å². The summed E-state index contributed by atoms with van der Waals surface area (Å²) in [5, 5.41) is 7.65. The number of hydrogen-bond acceptors (Lipinski definition) is 2. The van der Waals surface area contributed by atoms with Gasteiger partial charge in [0.25, 0.3) is 0 Å². The van der Waals surface area contributed by atoms with E-state index in [1.54, 1.807) is 0 Å². The van der Waals surface area contributed by atoms with Crippen molar-refractivity contribution in [3.8, 4) is 0 Å². The summed E-state index contributed by atoms with van der Waals surface area (Å²) >= 11 is 3.42. The molecular weight excluding hydrogens is 230 g/mol. The lowest BCUT2D eigenvalue weighted by molar-refractivity contribution is 0.00233. The Kier molecular flexibility index (Phi) is 1.58. The van der Waals surface area contributed by atoms with Gasteiger partial charge in [-0.2, -0.15) is 5.10 Å². The second-order valence-corrected chi connectivity index (χ2v) is 5.22. The largest absolute Gasteiger partial charge is 0.316 e. The van der Waals surface area contributed by atoms with E-state index in [1.165, 1.54) is 25.9 Å². The Labute approximate surface area is 85.6 Å². The van der Waals surface area contributed by atoms with Crippen molar-refractivity contribution in [2.24, 2.45) is 5.41 Å². The maximum absolute atomic E-state index is 4.31. The molecule has 1 aromatic heterocycles. The first-order valence-electron chi connectivity index (χ1n) is 4.68. The maximum Gasteiger partial charge on any atom is 0.0632 e. The monoisotopic (exact) mass is 241 g/mol. The molecule has 1 aliphatic carbocycles. The zero-order chi connectivity index (χ0) is 8.89. The Bertz CT molecular complexity index is 321. The van der Waals surface area contributed by atoms with Crippen molar-refractivity contribution in [2.45, 2.75) is 18.9 Å². The Balaban J connectivity index is 1.70. The van der Waals surface area contributed by atoms with Crippen molar-refractivity contribution in [1.29, 1.82) is 0 Å². The van der Waals surface area contributed by atoms with E-state index in [-0.39, 0.29) is 0 Å². The number of hydrogen-bond donors (Lipinski definition) is 1. The van der Waals surface area contributed by atoms with E-state index in [2.05, 4.69) is 37.2 Å². The lowest BCUT2D eigenvalue weighted by Gasteiger charge is -2.54. The van der Waals surface area contributed by atoms with Gasteiger partial charge in [0.15, 0.2) is 0 Å². The molecule has 1 spiro atoms. The smallest absolute Gasteiger partial charge is 0.0632 e. The first kappa shape index (κ1) is 8.00. The maximum atomic E-state index is 4.31. The summed E-state index contributed by atoms with van der Waals surface area (Å²) in [6.45, 7) is 2.43. The fourth-order valence-electron chi connectivity index (χ4n) is 2.41. The normalized spacial score (nSPS) is 25.6. The van der Waals surface area contributed by atoms with Crippen LogP contribution < -0.4 is 5.32 Å². The van der Waals surface area contributed by atoms with E-state index in [4.69, 9.17) is 0 Å². The Hall–Kier alpha value is -0.350. The zero-order valence-electron chi connectivity index (χ0n) is 7.33. The fraction of sp³-hybridized carbons (Fsp3) is 0.667. The van der Waals surface area contributed by atoms with Crippen LogP contribution in [0.1, 0.15) is 18.9 Å². The molecule has 1 saturated heterocycles. The molecule has 1 saturated carbocycles. The molecule has 13 heavy (non-hydrogen) atoms. The van der Waals surface area contributed by atoms with E-state index in [0.29, 0.717) is 11.5 Å². The lowest BCUT2D eigenvalue weighted by atomic mass is 9.62. The van der Waals surface area contributed by atoms with Crippen molar-refractivity contribution >= 4 is 15.9 Å². The average Bonchev–Trinajstić information content (AvgIpc) is 2.29. The van der Waals surface area contributed by atoms with Crippen molar-refractivity contribution in [3.63, 3.8) is 0 Å². The van der Waals surface area contributed by atoms with Crippen LogP contribution >= 0.6 is 15.9 Å². The minimum absolute atomic E-state index is 0.642.